The predicted molar refractivity (Wildman–Crippen MR) is 69.6 cm³/mol. The van der Waals surface area contributed by atoms with Crippen LogP contribution < -0.4 is 0 Å². The number of hydrogen-bond acceptors (Lipinski definition) is 0. The SMILES string of the molecule is CC[Si](C)(C)CC1[C-]=CC2=C1CCCC2.[Ti]. The second kappa shape index (κ2) is 5.84. The molecule has 0 radical (unpaired) electrons. The normalized spacial score (nSPS) is 24.3. The summed E-state index contributed by atoms with van der Waals surface area (Å²) >= 11 is 0. The Balaban J connectivity index is 0.00000128. The van der Waals surface area contributed by atoms with Crippen LogP contribution in [0, 0.1) is 12.0 Å². The molecule has 1 unspecified atom stereocenters. The minimum absolute atomic E-state index is 0. The average Bonchev–Trinajstić information content (AvgIpc) is 2.62. The summed E-state index contributed by atoms with van der Waals surface area (Å²) in [6, 6.07) is 2.84. The van der Waals surface area contributed by atoms with E-state index in [1.54, 1.807) is 11.1 Å². The van der Waals surface area contributed by atoms with E-state index in [4.69, 9.17) is 0 Å². The van der Waals surface area contributed by atoms with Crippen molar-refractivity contribution < 1.29 is 21.7 Å². The molecular weight excluding hydrogens is 244 g/mol. The van der Waals surface area contributed by atoms with Crippen LogP contribution >= 0.6 is 0 Å². The molecule has 88 valence electrons. The molecule has 0 aromatic carbocycles. The second-order valence-electron chi connectivity index (χ2n) is 5.84. The molecule has 2 aliphatic rings. The van der Waals surface area contributed by atoms with Gasteiger partial charge in [0.05, 0.1) is 0 Å². The summed E-state index contributed by atoms with van der Waals surface area (Å²) in [5.41, 5.74) is 3.41. The average molecular weight is 267 g/mol. The van der Waals surface area contributed by atoms with Gasteiger partial charge >= 0.3 is 0 Å². The van der Waals surface area contributed by atoms with Gasteiger partial charge in [0.2, 0.25) is 0 Å². The van der Waals surface area contributed by atoms with Gasteiger partial charge in [0.25, 0.3) is 0 Å². The molecule has 0 bridgehead atoms. The van der Waals surface area contributed by atoms with E-state index in [2.05, 4.69) is 32.2 Å². The molecule has 2 aliphatic carbocycles. The van der Waals surface area contributed by atoms with Crippen LogP contribution in [-0.4, -0.2) is 8.07 Å². The molecule has 2 rings (SSSR count). The molecule has 0 saturated heterocycles. The van der Waals surface area contributed by atoms with Gasteiger partial charge in [-0.15, -0.1) is 0 Å². The fourth-order valence-electron chi connectivity index (χ4n) is 2.70. The van der Waals surface area contributed by atoms with Crippen LogP contribution in [0.5, 0.6) is 0 Å². The summed E-state index contributed by atoms with van der Waals surface area (Å²) in [6.07, 6.45) is 11.4. The van der Waals surface area contributed by atoms with Gasteiger partial charge in [-0.2, -0.15) is 11.1 Å². The predicted octanol–water partition coefficient (Wildman–Crippen LogP) is 4.57. The molecule has 0 heterocycles. The van der Waals surface area contributed by atoms with E-state index in [-0.39, 0.29) is 21.7 Å². The Kier molecular flexibility index (Phi) is 5.28. The number of hydrogen-bond donors (Lipinski definition) is 0. The van der Waals surface area contributed by atoms with Gasteiger partial charge in [-0.3, -0.25) is 6.08 Å². The van der Waals surface area contributed by atoms with E-state index in [0.29, 0.717) is 5.92 Å². The zero-order valence-corrected chi connectivity index (χ0v) is 13.5. The van der Waals surface area contributed by atoms with Crippen molar-refractivity contribution in [2.24, 2.45) is 5.92 Å². The van der Waals surface area contributed by atoms with Crippen molar-refractivity contribution in [1.82, 2.24) is 0 Å². The standard InChI is InChI=1S/C14H23Si.Ti/c1-4-15(2,3)11-13-10-9-12-7-5-6-8-14(12)13;/h9,13H,4-8,11H2,1-3H3;/q-1;. The topological polar surface area (TPSA) is 0 Å². The van der Waals surface area contributed by atoms with Gasteiger partial charge in [0, 0.05) is 29.8 Å². The quantitative estimate of drug-likeness (QED) is 0.519. The third kappa shape index (κ3) is 3.21. The molecule has 0 nitrogen and oxygen atoms in total. The summed E-state index contributed by atoms with van der Waals surface area (Å²) in [6.45, 7) is 7.41. The Labute approximate surface area is 116 Å². The van der Waals surface area contributed by atoms with E-state index < -0.39 is 8.07 Å². The Morgan fingerprint density at radius 2 is 2.00 bits per heavy atom. The number of rotatable bonds is 3. The molecule has 0 fully saturated rings. The first-order valence-electron chi connectivity index (χ1n) is 6.43. The van der Waals surface area contributed by atoms with Crippen molar-refractivity contribution in [3.8, 4) is 0 Å². The summed E-state index contributed by atoms with van der Waals surface area (Å²) in [4.78, 5) is 0. The Hall–Kier alpha value is 0.411. The smallest absolute Gasteiger partial charge is 0.0464 e. The van der Waals surface area contributed by atoms with Gasteiger partial charge in [0.1, 0.15) is 0 Å². The second-order valence-corrected chi connectivity index (χ2v) is 11.3. The first-order valence-corrected chi connectivity index (χ1v) is 9.85. The fourth-order valence-corrected chi connectivity index (χ4v) is 4.45. The molecule has 0 amide bonds. The molecule has 2 heteroatoms. The summed E-state index contributed by atoms with van der Waals surface area (Å²) in [5, 5.41) is 0. The molecule has 0 spiro atoms. The minimum Gasteiger partial charge on any atom is -0.269 e. The van der Waals surface area contributed by atoms with Gasteiger partial charge in [0.15, 0.2) is 0 Å². The maximum absolute atomic E-state index is 3.62. The maximum Gasteiger partial charge on any atom is 0.0464 e. The molecule has 0 aliphatic heterocycles. The van der Waals surface area contributed by atoms with Gasteiger partial charge in [-0.25, -0.2) is 6.08 Å². The largest absolute Gasteiger partial charge is 0.269 e. The molecular formula is C14H23SiTi-. The Bertz CT molecular complexity index is 302. The fraction of sp³-hybridized carbons (Fsp3) is 0.714. The Morgan fingerprint density at radius 1 is 1.31 bits per heavy atom. The molecule has 0 aromatic heterocycles. The molecule has 16 heavy (non-hydrogen) atoms. The van der Waals surface area contributed by atoms with Crippen molar-refractivity contribution in [3.05, 3.63) is 23.3 Å². The van der Waals surface area contributed by atoms with Crippen LogP contribution in [-0.2, 0) is 21.7 Å². The molecule has 0 N–H and O–H groups in total. The zero-order valence-electron chi connectivity index (χ0n) is 10.9. The van der Waals surface area contributed by atoms with Crippen molar-refractivity contribution in [1.29, 1.82) is 0 Å². The minimum atomic E-state index is -0.935. The van der Waals surface area contributed by atoms with Crippen LogP contribution in [0.25, 0.3) is 0 Å². The van der Waals surface area contributed by atoms with E-state index in [0.717, 1.165) is 0 Å². The van der Waals surface area contributed by atoms with Crippen LogP contribution in [0.4, 0.5) is 0 Å². The first kappa shape index (κ1) is 14.5. The van der Waals surface area contributed by atoms with Crippen LogP contribution in [0.2, 0.25) is 25.2 Å². The molecule has 0 aromatic rings. The van der Waals surface area contributed by atoms with Crippen molar-refractivity contribution in [3.63, 3.8) is 0 Å². The third-order valence-electron chi connectivity index (χ3n) is 4.15. The van der Waals surface area contributed by atoms with Crippen LogP contribution in [0.1, 0.15) is 32.6 Å². The maximum atomic E-state index is 3.62. The summed E-state index contributed by atoms with van der Waals surface area (Å²) < 4.78 is 0. The van der Waals surface area contributed by atoms with Crippen LogP contribution in [0.15, 0.2) is 17.2 Å². The van der Waals surface area contributed by atoms with Crippen molar-refractivity contribution >= 4 is 8.07 Å². The van der Waals surface area contributed by atoms with E-state index >= 15 is 0 Å². The van der Waals surface area contributed by atoms with E-state index in [1.165, 1.54) is 37.8 Å². The first-order chi connectivity index (χ1) is 7.12. The van der Waals surface area contributed by atoms with Crippen molar-refractivity contribution in [2.45, 2.75) is 57.8 Å². The van der Waals surface area contributed by atoms with Crippen LogP contribution in [0.3, 0.4) is 0 Å². The zero-order chi connectivity index (χ0) is 10.9. The molecule has 0 saturated carbocycles. The third-order valence-corrected chi connectivity index (χ3v) is 7.58. The van der Waals surface area contributed by atoms with Crippen molar-refractivity contribution in [2.75, 3.05) is 0 Å². The van der Waals surface area contributed by atoms with E-state index in [1.807, 2.05) is 0 Å². The van der Waals surface area contributed by atoms with E-state index in [9.17, 15) is 0 Å². The van der Waals surface area contributed by atoms with Gasteiger partial charge in [-0.1, -0.05) is 57.3 Å². The van der Waals surface area contributed by atoms with Gasteiger partial charge in [-0.05, 0) is 6.42 Å². The summed E-state index contributed by atoms with van der Waals surface area (Å²) in [5.74, 6) is 0.710. The Morgan fingerprint density at radius 3 is 2.69 bits per heavy atom. The number of allylic oxidation sites excluding steroid dienone is 4. The summed E-state index contributed by atoms with van der Waals surface area (Å²) in [7, 11) is -0.935. The monoisotopic (exact) mass is 267 g/mol. The molecule has 1 atom stereocenters. The van der Waals surface area contributed by atoms with Gasteiger partial charge < -0.3 is 0 Å².